The third kappa shape index (κ3) is 3.33. The zero-order chi connectivity index (χ0) is 18.8. The molecule has 1 aliphatic rings. The van der Waals surface area contributed by atoms with E-state index in [1.54, 1.807) is 4.68 Å². The van der Waals surface area contributed by atoms with Gasteiger partial charge in [-0.05, 0) is 25.0 Å². The van der Waals surface area contributed by atoms with E-state index in [1.807, 2.05) is 68.4 Å². The lowest BCUT2D eigenvalue weighted by molar-refractivity contribution is -0.118. The number of benzene rings is 2. The van der Waals surface area contributed by atoms with Crippen molar-refractivity contribution in [1.29, 1.82) is 0 Å². The first-order valence-corrected chi connectivity index (χ1v) is 8.89. The molecule has 2 heterocycles. The van der Waals surface area contributed by atoms with Crippen molar-refractivity contribution >= 4 is 11.9 Å². The van der Waals surface area contributed by atoms with Crippen LogP contribution in [-0.2, 0) is 11.3 Å². The van der Waals surface area contributed by atoms with Gasteiger partial charge in [0.1, 0.15) is 12.4 Å². The number of carbonyl (C=O) groups is 1. The number of fused-ring (bicyclic) bond motifs is 1. The number of nitrogens with zero attached hydrogens (tertiary/aromatic N) is 3. The Kier molecular flexibility index (Phi) is 4.46. The molecular formula is C21H21N5O. The summed E-state index contributed by atoms with van der Waals surface area (Å²) in [5.41, 5.74) is 4.65. The first-order chi connectivity index (χ1) is 13.1. The van der Waals surface area contributed by atoms with Crippen molar-refractivity contribution in [1.82, 2.24) is 20.1 Å². The maximum Gasteiger partial charge on any atom is 0.251 e. The summed E-state index contributed by atoms with van der Waals surface area (Å²) >= 11 is 0. The Morgan fingerprint density at radius 2 is 1.85 bits per heavy atom. The van der Waals surface area contributed by atoms with Crippen LogP contribution < -0.4 is 10.6 Å². The normalized spacial score (nSPS) is 15.9. The van der Waals surface area contributed by atoms with E-state index in [0.29, 0.717) is 18.1 Å². The first kappa shape index (κ1) is 17.0. The average molecular weight is 359 g/mol. The van der Waals surface area contributed by atoms with E-state index in [2.05, 4.69) is 20.7 Å². The highest BCUT2D eigenvalue weighted by molar-refractivity contribution is 5.96. The van der Waals surface area contributed by atoms with Gasteiger partial charge in [0.2, 0.25) is 5.95 Å². The molecule has 0 radical (unpaired) electrons. The fourth-order valence-corrected chi connectivity index (χ4v) is 3.32. The lowest BCUT2D eigenvalue weighted by atomic mass is 9.94. The number of hydrogen-bond donors (Lipinski definition) is 2. The Morgan fingerprint density at radius 1 is 1.11 bits per heavy atom. The third-order valence-corrected chi connectivity index (χ3v) is 4.73. The highest BCUT2D eigenvalue weighted by Crippen LogP contribution is 2.34. The molecule has 2 N–H and O–H groups in total. The number of amides is 1. The van der Waals surface area contributed by atoms with Gasteiger partial charge in [-0.2, -0.15) is 10.1 Å². The van der Waals surface area contributed by atoms with Crippen LogP contribution >= 0.6 is 0 Å². The predicted octanol–water partition coefficient (Wildman–Crippen LogP) is 3.19. The molecule has 1 aliphatic heterocycles. The smallest absolute Gasteiger partial charge is 0.251 e. The fraction of sp³-hybridized carbons (Fsp3) is 0.190. The van der Waals surface area contributed by atoms with Gasteiger partial charge in [0.25, 0.3) is 5.91 Å². The van der Waals surface area contributed by atoms with Crippen LogP contribution in [0.25, 0.3) is 0 Å². The number of rotatable bonds is 4. The lowest BCUT2D eigenvalue weighted by Crippen LogP contribution is -2.34. The SMILES string of the molecule is CC1=C(C(=O)NCc2ccccc2)[C@@H](c2ccc(C)cc2)n2ncnc2N1. The van der Waals surface area contributed by atoms with Gasteiger partial charge in [0, 0.05) is 12.2 Å². The monoisotopic (exact) mass is 359 g/mol. The summed E-state index contributed by atoms with van der Waals surface area (Å²) in [4.78, 5) is 17.4. The second kappa shape index (κ2) is 7.07. The van der Waals surface area contributed by atoms with Crippen LogP contribution in [-0.4, -0.2) is 20.7 Å². The number of hydrogen-bond acceptors (Lipinski definition) is 4. The van der Waals surface area contributed by atoms with Gasteiger partial charge in [-0.1, -0.05) is 60.2 Å². The van der Waals surface area contributed by atoms with Crippen molar-refractivity contribution in [2.24, 2.45) is 0 Å². The molecule has 6 nitrogen and oxygen atoms in total. The summed E-state index contributed by atoms with van der Waals surface area (Å²) < 4.78 is 1.76. The topological polar surface area (TPSA) is 71.8 Å². The third-order valence-electron chi connectivity index (χ3n) is 4.73. The summed E-state index contributed by atoms with van der Waals surface area (Å²) in [6, 6.07) is 17.7. The Hall–Kier alpha value is -3.41. The molecule has 3 aromatic rings. The summed E-state index contributed by atoms with van der Waals surface area (Å²) in [5.74, 6) is 0.522. The van der Waals surface area contributed by atoms with Gasteiger partial charge >= 0.3 is 0 Å². The van der Waals surface area contributed by atoms with Crippen LogP contribution in [0.5, 0.6) is 0 Å². The first-order valence-electron chi connectivity index (χ1n) is 8.89. The molecule has 2 aromatic carbocycles. The van der Waals surface area contributed by atoms with Crippen molar-refractivity contribution in [2.45, 2.75) is 26.4 Å². The number of anilines is 1. The van der Waals surface area contributed by atoms with E-state index in [4.69, 9.17) is 0 Å². The van der Waals surface area contributed by atoms with Gasteiger partial charge in [0.05, 0.1) is 5.57 Å². The van der Waals surface area contributed by atoms with Gasteiger partial charge in [-0.15, -0.1) is 0 Å². The van der Waals surface area contributed by atoms with E-state index < -0.39 is 0 Å². The second-order valence-corrected chi connectivity index (χ2v) is 6.67. The highest BCUT2D eigenvalue weighted by atomic mass is 16.1. The molecule has 0 aliphatic carbocycles. The van der Waals surface area contributed by atoms with Gasteiger partial charge in [-0.3, -0.25) is 4.79 Å². The van der Waals surface area contributed by atoms with E-state index in [9.17, 15) is 4.79 Å². The fourth-order valence-electron chi connectivity index (χ4n) is 3.32. The number of nitrogens with one attached hydrogen (secondary N) is 2. The van der Waals surface area contributed by atoms with E-state index in [0.717, 1.165) is 16.8 Å². The molecule has 0 saturated carbocycles. The van der Waals surface area contributed by atoms with Crippen LogP contribution in [0.2, 0.25) is 0 Å². The van der Waals surface area contributed by atoms with Gasteiger partial charge in [0.15, 0.2) is 0 Å². The molecule has 1 aromatic heterocycles. The Labute approximate surface area is 157 Å². The number of allylic oxidation sites excluding steroid dienone is 1. The summed E-state index contributed by atoms with van der Waals surface area (Å²) in [5, 5.41) is 10.6. The molecule has 4 rings (SSSR count). The molecule has 6 heteroatoms. The maximum absolute atomic E-state index is 13.1. The lowest BCUT2D eigenvalue weighted by Gasteiger charge is -2.28. The zero-order valence-corrected chi connectivity index (χ0v) is 15.3. The van der Waals surface area contributed by atoms with Crippen LogP contribution in [0.1, 0.15) is 29.7 Å². The highest BCUT2D eigenvalue weighted by Gasteiger charge is 2.33. The molecule has 0 spiro atoms. The Bertz CT molecular complexity index is 989. The molecule has 0 fully saturated rings. The molecule has 0 bridgehead atoms. The van der Waals surface area contributed by atoms with Gasteiger partial charge < -0.3 is 10.6 Å². The van der Waals surface area contributed by atoms with E-state index >= 15 is 0 Å². The minimum Gasteiger partial charge on any atom is -0.348 e. The summed E-state index contributed by atoms with van der Waals surface area (Å²) in [7, 11) is 0. The van der Waals surface area contributed by atoms with Crippen molar-refractivity contribution in [2.75, 3.05) is 5.32 Å². The van der Waals surface area contributed by atoms with Gasteiger partial charge in [-0.25, -0.2) is 4.68 Å². The maximum atomic E-state index is 13.1. The Morgan fingerprint density at radius 3 is 2.59 bits per heavy atom. The van der Waals surface area contributed by atoms with Crippen molar-refractivity contribution < 1.29 is 4.79 Å². The van der Waals surface area contributed by atoms with Crippen LogP contribution in [0.3, 0.4) is 0 Å². The van der Waals surface area contributed by atoms with Crippen LogP contribution in [0, 0.1) is 6.92 Å². The Balaban J connectivity index is 1.67. The standard InChI is InChI=1S/C21H21N5O/c1-14-8-10-17(11-9-14)19-18(15(2)25-21-23-13-24-26(19)21)20(27)22-12-16-6-4-3-5-7-16/h3-11,13,19H,12H2,1-2H3,(H,22,27)(H,23,24,25)/t19-/m1/s1. The van der Waals surface area contributed by atoms with Crippen molar-refractivity contribution in [3.05, 3.63) is 88.9 Å². The average Bonchev–Trinajstić information content (AvgIpc) is 3.14. The number of aromatic nitrogens is 3. The van der Waals surface area contributed by atoms with Crippen molar-refractivity contribution in [3.8, 4) is 0 Å². The number of carbonyl (C=O) groups excluding carboxylic acids is 1. The zero-order valence-electron chi connectivity index (χ0n) is 15.3. The molecule has 1 amide bonds. The minimum absolute atomic E-state index is 0.115. The van der Waals surface area contributed by atoms with Crippen LogP contribution in [0.4, 0.5) is 5.95 Å². The quantitative estimate of drug-likeness (QED) is 0.750. The van der Waals surface area contributed by atoms with E-state index in [-0.39, 0.29) is 11.9 Å². The van der Waals surface area contributed by atoms with Crippen molar-refractivity contribution in [3.63, 3.8) is 0 Å². The van der Waals surface area contributed by atoms with E-state index in [1.165, 1.54) is 11.9 Å². The minimum atomic E-state index is -0.319. The van der Waals surface area contributed by atoms with Crippen LogP contribution in [0.15, 0.2) is 72.2 Å². The summed E-state index contributed by atoms with van der Waals surface area (Å²) in [6.07, 6.45) is 1.50. The molecule has 27 heavy (non-hydrogen) atoms. The largest absolute Gasteiger partial charge is 0.348 e. The predicted molar refractivity (Wildman–Crippen MR) is 104 cm³/mol. The molecule has 0 unspecified atom stereocenters. The molecule has 136 valence electrons. The molecule has 0 saturated heterocycles. The number of aryl methyl sites for hydroxylation is 1. The second-order valence-electron chi connectivity index (χ2n) is 6.67. The summed E-state index contributed by atoms with van der Waals surface area (Å²) in [6.45, 7) is 4.42. The molecule has 1 atom stereocenters. The molecular weight excluding hydrogens is 338 g/mol.